The molecule has 0 radical (unpaired) electrons. The molecule has 0 aliphatic carbocycles. The maximum absolute atomic E-state index is 14.6. The molecule has 3 aromatic rings. The summed E-state index contributed by atoms with van der Waals surface area (Å²) < 4.78 is 43.1. The molecule has 0 aliphatic heterocycles. The zero-order valence-corrected chi connectivity index (χ0v) is 23.1. The molecule has 202 valence electrons. The van der Waals surface area contributed by atoms with Crippen LogP contribution in [0.1, 0.15) is 37.5 Å². The van der Waals surface area contributed by atoms with Crippen molar-refractivity contribution in [2.45, 2.75) is 58.1 Å². The number of benzene rings is 3. The van der Waals surface area contributed by atoms with Gasteiger partial charge in [-0.2, -0.15) is 0 Å². The van der Waals surface area contributed by atoms with Gasteiger partial charge in [-0.25, -0.2) is 12.8 Å². The molecule has 0 bridgehead atoms. The van der Waals surface area contributed by atoms with E-state index in [1.54, 1.807) is 63.2 Å². The van der Waals surface area contributed by atoms with E-state index in [1.807, 2.05) is 13.8 Å². The summed E-state index contributed by atoms with van der Waals surface area (Å²) in [5.74, 6) is -1.59. The predicted molar refractivity (Wildman–Crippen MR) is 147 cm³/mol. The Hall–Kier alpha value is -3.72. The highest BCUT2D eigenvalue weighted by molar-refractivity contribution is 7.92. The van der Waals surface area contributed by atoms with Crippen molar-refractivity contribution < 1.29 is 22.4 Å². The quantitative estimate of drug-likeness (QED) is 0.409. The summed E-state index contributed by atoms with van der Waals surface area (Å²) in [6.45, 7) is 8.07. The Labute approximate surface area is 224 Å². The van der Waals surface area contributed by atoms with E-state index in [-0.39, 0.29) is 23.0 Å². The smallest absolute Gasteiger partial charge is 0.264 e. The molecule has 1 N–H and O–H groups in total. The molecule has 0 spiro atoms. The average molecular weight is 540 g/mol. The number of anilines is 1. The van der Waals surface area contributed by atoms with Gasteiger partial charge in [-0.1, -0.05) is 53.6 Å². The second kappa shape index (κ2) is 12.2. The van der Waals surface area contributed by atoms with Crippen molar-refractivity contribution in [1.29, 1.82) is 0 Å². The van der Waals surface area contributed by atoms with Crippen molar-refractivity contribution in [1.82, 2.24) is 10.2 Å². The lowest BCUT2D eigenvalue weighted by molar-refractivity contribution is -0.139. The molecule has 0 unspecified atom stereocenters. The molecule has 0 aromatic heterocycles. The zero-order valence-electron chi connectivity index (χ0n) is 22.3. The second-order valence-corrected chi connectivity index (χ2v) is 11.5. The van der Waals surface area contributed by atoms with Gasteiger partial charge in [-0.05, 0) is 65.0 Å². The van der Waals surface area contributed by atoms with Crippen LogP contribution in [0.15, 0.2) is 77.7 Å². The van der Waals surface area contributed by atoms with Gasteiger partial charge in [-0.3, -0.25) is 13.9 Å². The molecule has 9 heteroatoms. The first-order valence-corrected chi connectivity index (χ1v) is 13.8. The van der Waals surface area contributed by atoms with Crippen LogP contribution in [0.3, 0.4) is 0 Å². The Morgan fingerprint density at radius 1 is 0.868 bits per heavy atom. The minimum absolute atomic E-state index is 0.0303. The molecular weight excluding hydrogens is 505 g/mol. The van der Waals surface area contributed by atoms with Crippen LogP contribution < -0.4 is 9.62 Å². The highest BCUT2D eigenvalue weighted by Crippen LogP contribution is 2.25. The molecule has 0 fully saturated rings. The van der Waals surface area contributed by atoms with Crippen molar-refractivity contribution >= 4 is 27.5 Å². The number of carbonyl (C=O) groups is 2. The van der Waals surface area contributed by atoms with Crippen molar-refractivity contribution in [2.75, 3.05) is 10.8 Å². The largest absolute Gasteiger partial charge is 0.352 e. The molecule has 38 heavy (non-hydrogen) atoms. The van der Waals surface area contributed by atoms with E-state index in [0.717, 1.165) is 15.4 Å². The highest BCUT2D eigenvalue weighted by atomic mass is 32.2. The SMILES string of the molecule is Cc1ccc(N(CC(=O)N(Cc2ccccc2F)[C@H](C)C(=O)NC(C)C)S(=O)(=O)c2ccc(C)cc2)cc1. The monoisotopic (exact) mass is 539 g/mol. The van der Waals surface area contributed by atoms with Crippen LogP contribution in [0.5, 0.6) is 0 Å². The van der Waals surface area contributed by atoms with Crippen molar-refractivity contribution in [3.8, 4) is 0 Å². The number of nitrogens with one attached hydrogen (secondary N) is 1. The summed E-state index contributed by atoms with van der Waals surface area (Å²) in [5, 5.41) is 2.77. The van der Waals surface area contributed by atoms with Gasteiger partial charge in [-0.15, -0.1) is 0 Å². The summed E-state index contributed by atoms with van der Waals surface area (Å²) in [6.07, 6.45) is 0. The lowest BCUT2D eigenvalue weighted by Gasteiger charge is -2.32. The van der Waals surface area contributed by atoms with Gasteiger partial charge in [0.2, 0.25) is 11.8 Å². The summed E-state index contributed by atoms with van der Waals surface area (Å²) in [7, 11) is -4.15. The first-order valence-electron chi connectivity index (χ1n) is 12.4. The molecule has 0 saturated carbocycles. The van der Waals surface area contributed by atoms with Crippen LogP contribution in [0.4, 0.5) is 10.1 Å². The van der Waals surface area contributed by atoms with Gasteiger partial charge in [0.15, 0.2) is 0 Å². The fourth-order valence-electron chi connectivity index (χ4n) is 3.88. The van der Waals surface area contributed by atoms with Crippen molar-refractivity contribution in [3.63, 3.8) is 0 Å². The Morgan fingerprint density at radius 3 is 1.97 bits per heavy atom. The Morgan fingerprint density at radius 2 is 1.42 bits per heavy atom. The number of nitrogens with zero attached hydrogens (tertiary/aromatic N) is 2. The summed E-state index contributed by atoms with van der Waals surface area (Å²) in [4.78, 5) is 27.9. The number of sulfonamides is 1. The van der Waals surface area contributed by atoms with Gasteiger partial charge < -0.3 is 10.2 Å². The molecule has 0 heterocycles. The van der Waals surface area contributed by atoms with Gasteiger partial charge in [0, 0.05) is 18.2 Å². The lowest BCUT2D eigenvalue weighted by atomic mass is 10.1. The van der Waals surface area contributed by atoms with Crippen LogP contribution >= 0.6 is 0 Å². The maximum Gasteiger partial charge on any atom is 0.264 e. The topological polar surface area (TPSA) is 86.8 Å². The number of aryl methyl sites for hydroxylation is 2. The number of amides is 2. The first-order chi connectivity index (χ1) is 17.9. The molecular formula is C29H34FN3O4S. The summed E-state index contributed by atoms with van der Waals surface area (Å²) >= 11 is 0. The van der Waals surface area contributed by atoms with Gasteiger partial charge in [0.1, 0.15) is 18.4 Å². The van der Waals surface area contributed by atoms with E-state index >= 15 is 0 Å². The number of hydrogen-bond acceptors (Lipinski definition) is 4. The lowest BCUT2D eigenvalue weighted by Crippen LogP contribution is -2.52. The molecule has 0 saturated heterocycles. The number of rotatable bonds is 10. The van der Waals surface area contributed by atoms with Crippen LogP contribution in [-0.2, 0) is 26.2 Å². The van der Waals surface area contributed by atoms with Gasteiger partial charge in [0.25, 0.3) is 10.0 Å². The molecule has 3 aromatic carbocycles. The molecule has 7 nitrogen and oxygen atoms in total. The van der Waals surface area contributed by atoms with Crippen LogP contribution in [0.2, 0.25) is 0 Å². The summed E-state index contributed by atoms with van der Waals surface area (Å²) in [5.41, 5.74) is 2.33. The molecule has 0 aliphatic rings. The third-order valence-corrected chi connectivity index (χ3v) is 7.89. The second-order valence-electron chi connectivity index (χ2n) is 9.61. The number of carbonyl (C=O) groups excluding carboxylic acids is 2. The number of hydrogen-bond donors (Lipinski definition) is 1. The third kappa shape index (κ3) is 6.98. The van der Waals surface area contributed by atoms with Crippen LogP contribution in [-0.4, -0.2) is 43.8 Å². The standard InChI is InChI=1S/C29H34FN3O4S/c1-20(2)31-29(35)23(5)32(18-24-8-6-7-9-27(24)30)28(34)19-33(25-14-10-21(3)11-15-25)38(36,37)26-16-12-22(4)13-17-26/h6-17,20,23H,18-19H2,1-5H3,(H,31,35)/t23-/m1/s1. The van der Waals surface area contributed by atoms with Crippen LogP contribution in [0, 0.1) is 19.7 Å². The van der Waals surface area contributed by atoms with Crippen molar-refractivity contribution in [3.05, 3.63) is 95.3 Å². The Bertz CT molecular complexity index is 1370. The van der Waals surface area contributed by atoms with E-state index in [4.69, 9.17) is 0 Å². The van der Waals surface area contributed by atoms with Crippen LogP contribution in [0.25, 0.3) is 0 Å². The van der Waals surface area contributed by atoms with Crippen molar-refractivity contribution in [2.24, 2.45) is 0 Å². The number of halogens is 1. The fourth-order valence-corrected chi connectivity index (χ4v) is 5.29. The Balaban J connectivity index is 2.03. The normalized spacial score (nSPS) is 12.2. The van der Waals surface area contributed by atoms with E-state index in [2.05, 4.69) is 5.32 Å². The molecule has 3 rings (SSSR count). The van der Waals surface area contributed by atoms with E-state index in [9.17, 15) is 22.4 Å². The van der Waals surface area contributed by atoms with E-state index < -0.39 is 40.2 Å². The molecule has 1 atom stereocenters. The molecule has 2 amide bonds. The summed E-state index contributed by atoms with van der Waals surface area (Å²) in [6, 6.07) is 17.9. The van der Waals surface area contributed by atoms with E-state index in [1.165, 1.54) is 35.2 Å². The van der Waals surface area contributed by atoms with E-state index in [0.29, 0.717) is 5.69 Å². The Kier molecular flexibility index (Phi) is 9.27. The fraction of sp³-hybridized carbons (Fsp3) is 0.310. The first kappa shape index (κ1) is 28.8. The highest BCUT2D eigenvalue weighted by Gasteiger charge is 2.33. The maximum atomic E-state index is 14.6. The van der Waals surface area contributed by atoms with Gasteiger partial charge >= 0.3 is 0 Å². The van der Waals surface area contributed by atoms with Gasteiger partial charge in [0.05, 0.1) is 10.6 Å². The third-order valence-electron chi connectivity index (χ3n) is 6.11. The minimum Gasteiger partial charge on any atom is -0.352 e. The predicted octanol–water partition coefficient (Wildman–Crippen LogP) is 4.58. The average Bonchev–Trinajstić information content (AvgIpc) is 2.86. The zero-order chi connectivity index (χ0) is 28.0. The minimum atomic E-state index is -4.15.